The number of rotatable bonds is 1. The van der Waals surface area contributed by atoms with Crippen molar-refractivity contribution >= 4 is 6.21 Å². The summed E-state index contributed by atoms with van der Waals surface area (Å²) in [4.78, 5) is 0. The van der Waals surface area contributed by atoms with E-state index in [0.717, 1.165) is 12.3 Å². The van der Waals surface area contributed by atoms with E-state index in [-0.39, 0.29) is 5.56 Å². The van der Waals surface area contributed by atoms with Crippen LogP contribution in [0.3, 0.4) is 0 Å². The van der Waals surface area contributed by atoms with Crippen LogP contribution in [-0.4, -0.2) is 11.4 Å². The SMILES string of the molecule is O/N=C\c1cc(F)cc(C(F)(F)F)c1. The van der Waals surface area contributed by atoms with Crippen molar-refractivity contribution in [1.82, 2.24) is 0 Å². The van der Waals surface area contributed by atoms with E-state index in [1.165, 1.54) is 0 Å². The molecule has 6 heteroatoms. The zero-order chi connectivity index (χ0) is 10.8. The third-order valence-corrected chi connectivity index (χ3v) is 1.45. The van der Waals surface area contributed by atoms with Crippen molar-refractivity contribution in [1.29, 1.82) is 0 Å². The Morgan fingerprint density at radius 1 is 1.21 bits per heavy atom. The summed E-state index contributed by atoms with van der Waals surface area (Å²) >= 11 is 0. The molecule has 0 saturated carbocycles. The molecule has 14 heavy (non-hydrogen) atoms. The molecule has 0 fully saturated rings. The van der Waals surface area contributed by atoms with Crippen LogP contribution in [0.1, 0.15) is 11.1 Å². The average molecular weight is 207 g/mol. The Balaban J connectivity index is 3.20. The smallest absolute Gasteiger partial charge is 0.411 e. The second-order valence-electron chi connectivity index (χ2n) is 2.52. The van der Waals surface area contributed by atoms with Gasteiger partial charge in [0.1, 0.15) is 5.82 Å². The number of alkyl halides is 3. The Bertz CT molecular complexity index is 359. The highest BCUT2D eigenvalue weighted by molar-refractivity contribution is 5.79. The van der Waals surface area contributed by atoms with Gasteiger partial charge in [-0.2, -0.15) is 13.2 Å². The molecule has 1 rings (SSSR count). The Morgan fingerprint density at radius 2 is 1.86 bits per heavy atom. The molecule has 1 N–H and O–H groups in total. The van der Waals surface area contributed by atoms with Crippen LogP contribution in [0, 0.1) is 5.82 Å². The summed E-state index contributed by atoms with van der Waals surface area (Å²) in [5, 5.41) is 10.6. The van der Waals surface area contributed by atoms with Crippen LogP contribution in [0.2, 0.25) is 0 Å². The van der Waals surface area contributed by atoms with Crippen molar-refractivity contribution in [3.63, 3.8) is 0 Å². The van der Waals surface area contributed by atoms with Crippen LogP contribution >= 0.6 is 0 Å². The molecule has 76 valence electrons. The molecule has 0 aliphatic heterocycles. The summed E-state index contributed by atoms with van der Waals surface area (Å²) < 4.78 is 49.0. The van der Waals surface area contributed by atoms with Gasteiger partial charge in [0.15, 0.2) is 0 Å². The first-order valence-corrected chi connectivity index (χ1v) is 3.48. The molecule has 0 aliphatic carbocycles. The summed E-state index contributed by atoms with van der Waals surface area (Å²) in [6, 6.07) is 1.88. The van der Waals surface area contributed by atoms with Crippen LogP contribution in [-0.2, 0) is 6.18 Å². The minimum absolute atomic E-state index is 0.153. The van der Waals surface area contributed by atoms with Crippen molar-refractivity contribution in [2.24, 2.45) is 5.16 Å². The molecule has 0 atom stereocenters. The lowest BCUT2D eigenvalue weighted by atomic mass is 10.1. The monoisotopic (exact) mass is 207 g/mol. The number of halogens is 4. The summed E-state index contributed by atoms with van der Waals surface area (Å²) in [5.74, 6) is -1.03. The van der Waals surface area contributed by atoms with E-state index in [2.05, 4.69) is 5.16 Å². The van der Waals surface area contributed by atoms with Crippen molar-refractivity contribution in [2.45, 2.75) is 6.18 Å². The van der Waals surface area contributed by atoms with Gasteiger partial charge in [-0.05, 0) is 23.8 Å². The Hall–Kier alpha value is -1.59. The maximum Gasteiger partial charge on any atom is 0.416 e. The number of hydrogen-bond acceptors (Lipinski definition) is 2. The van der Waals surface area contributed by atoms with Crippen LogP contribution in [0.25, 0.3) is 0 Å². The van der Waals surface area contributed by atoms with Crippen molar-refractivity contribution in [2.75, 3.05) is 0 Å². The van der Waals surface area contributed by atoms with Crippen LogP contribution in [0.5, 0.6) is 0 Å². The molecule has 0 heterocycles. The van der Waals surface area contributed by atoms with Gasteiger partial charge >= 0.3 is 6.18 Å². The van der Waals surface area contributed by atoms with E-state index in [1.807, 2.05) is 0 Å². The number of oxime groups is 1. The molecule has 2 nitrogen and oxygen atoms in total. The summed E-state index contributed by atoms with van der Waals surface area (Å²) in [6.07, 6.45) is -3.89. The van der Waals surface area contributed by atoms with Gasteiger partial charge in [-0.25, -0.2) is 4.39 Å². The minimum Gasteiger partial charge on any atom is -0.411 e. The first kappa shape index (κ1) is 10.5. The highest BCUT2D eigenvalue weighted by atomic mass is 19.4. The largest absolute Gasteiger partial charge is 0.416 e. The molecule has 0 unspecified atom stereocenters. The molecule has 0 radical (unpaired) electrons. The third kappa shape index (κ3) is 2.45. The van der Waals surface area contributed by atoms with Crippen molar-refractivity contribution in [3.8, 4) is 0 Å². The Kier molecular flexibility index (Phi) is 2.73. The fourth-order valence-corrected chi connectivity index (χ4v) is 0.917. The highest BCUT2D eigenvalue weighted by Crippen LogP contribution is 2.30. The fourth-order valence-electron chi connectivity index (χ4n) is 0.917. The number of nitrogens with zero attached hydrogens (tertiary/aromatic N) is 1. The zero-order valence-corrected chi connectivity index (χ0v) is 6.72. The predicted octanol–water partition coefficient (Wildman–Crippen LogP) is 2.65. The molecule has 0 aromatic heterocycles. The van der Waals surface area contributed by atoms with E-state index in [1.54, 1.807) is 0 Å². The van der Waals surface area contributed by atoms with Gasteiger partial charge in [-0.1, -0.05) is 5.16 Å². The number of benzene rings is 1. The quantitative estimate of drug-likeness (QED) is 0.326. The normalized spacial score (nSPS) is 12.3. The molecule has 0 saturated heterocycles. The molecule has 0 aliphatic rings. The van der Waals surface area contributed by atoms with Gasteiger partial charge in [0.2, 0.25) is 0 Å². The van der Waals surface area contributed by atoms with Crippen LogP contribution in [0.15, 0.2) is 23.4 Å². The van der Waals surface area contributed by atoms with Gasteiger partial charge in [0, 0.05) is 0 Å². The van der Waals surface area contributed by atoms with Gasteiger partial charge in [-0.15, -0.1) is 0 Å². The summed E-state index contributed by atoms with van der Waals surface area (Å²) in [5.41, 5.74) is -1.27. The lowest BCUT2D eigenvalue weighted by molar-refractivity contribution is -0.137. The average Bonchev–Trinajstić information content (AvgIpc) is 2.02. The maximum atomic E-state index is 12.6. The lowest BCUT2D eigenvalue weighted by Crippen LogP contribution is -2.06. The minimum atomic E-state index is -4.61. The van der Waals surface area contributed by atoms with E-state index < -0.39 is 17.6 Å². The molecular weight excluding hydrogens is 202 g/mol. The Labute approximate surface area is 76.5 Å². The first-order chi connectivity index (χ1) is 6.43. The van der Waals surface area contributed by atoms with E-state index in [4.69, 9.17) is 5.21 Å². The molecule has 0 bridgehead atoms. The summed E-state index contributed by atoms with van der Waals surface area (Å²) in [6.45, 7) is 0. The van der Waals surface area contributed by atoms with Crippen LogP contribution < -0.4 is 0 Å². The zero-order valence-electron chi connectivity index (χ0n) is 6.72. The topological polar surface area (TPSA) is 32.6 Å². The molecule has 0 amide bonds. The van der Waals surface area contributed by atoms with Crippen LogP contribution in [0.4, 0.5) is 17.6 Å². The summed E-state index contributed by atoms with van der Waals surface area (Å²) in [7, 11) is 0. The Morgan fingerprint density at radius 3 is 2.36 bits per heavy atom. The second kappa shape index (κ2) is 3.65. The number of hydrogen-bond donors (Lipinski definition) is 1. The standard InChI is InChI=1S/C8H5F4NO/c9-7-2-5(4-13-14)1-6(3-7)8(10,11)12/h1-4,14H/b13-4-. The van der Waals surface area contributed by atoms with Gasteiger partial charge in [-0.3, -0.25) is 0 Å². The fraction of sp³-hybridized carbons (Fsp3) is 0.125. The van der Waals surface area contributed by atoms with E-state index in [9.17, 15) is 17.6 Å². The maximum absolute atomic E-state index is 12.6. The second-order valence-corrected chi connectivity index (χ2v) is 2.52. The van der Waals surface area contributed by atoms with Crippen molar-refractivity contribution in [3.05, 3.63) is 35.1 Å². The molecule has 1 aromatic carbocycles. The molecular formula is C8H5F4NO. The lowest BCUT2D eigenvalue weighted by Gasteiger charge is -2.06. The van der Waals surface area contributed by atoms with Gasteiger partial charge in [0.05, 0.1) is 11.8 Å². The van der Waals surface area contributed by atoms with E-state index in [0.29, 0.717) is 12.1 Å². The van der Waals surface area contributed by atoms with Gasteiger partial charge in [0.25, 0.3) is 0 Å². The first-order valence-electron chi connectivity index (χ1n) is 3.48. The predicted molar refractivity (Wildman–Crippen MR) is 40.8 cm³/mol. The van der Waals surface area contributed by atoms with E-state index >= 15 is 0 Å². The van der Waals surface area contributed by atoms with Gasteiger partial charge < -0.3 is 5.21 Å². The molecule has 0 spiro atoms. The molecule has 1 aromatic rings. The highest BCUT2D eigenvalue weighted by Gasteiger charge is 2.31. The van der Waals surface area contributed by atoms with Crippen molar-refractivity contribution < 1.29 is 22.8 Å². The third-order valence-electron chi connectivity index (χ3n) is 1.45.